The predicted octanol–water partition coefficient (Wildman–Crippen LogP) is 1.97. The van der Waals surface area contributed by atoms with E-state index in [1.165, 1.54) is 0 Å². The quantitative estimate of drug-likeness (QED) is 0.168. The van der Waals surface area contributed by atoms with Gasteiger partial charge in [0, 0.05) is 5.57 Å². The number of carbonyl (C=O) groups excluding carboxylic acids is 1. The van der Waals surface area contributed by atoms with Gasteiger partial charge in [0.1, 0.15) is 0 Å². The third kappa shape index (κ3) is 10.4. The van der Waals surface area contributed by atoms with Gasteiger partial charge >= 0.3 is 5.97 Å². The van der Waals surface area contributed by atoms with Crippen LogP contribution in [0.25, 0.3) is 0 Å². The maximum absolute atomic E-state index is 11.1. The zero-order chi connectivity index (χ0) is 13.5. The van der Waals surface area contributed by atoms with Crippen molar-refractivity contribution in [3.8, 4) is 0 Å². The molecule has 0 aliphatic heterocycles. The summed E-state index contributed by atoms with van der Waals surface area (Å²) in [5.74, 6) is -0.459. The number of esters is 1. The molecule has 0 saturated heterocycles. The molecule has 0 saturated carbocycles. The van der Waals surface area contributed by atoms with Gasteiger partial charge in [0.05, 0.1) is 34.3 Å². The van der Waals surface area contributed by atoms with E-state index in [0.717, 1.165) is 11.0 Å². The third-order valence-corrected chi connectivity index (χ3v) is 2.39. The summed E-state index contributed by atoms with van der Waals surface area (Å²) in [5, 5.41) is 0. The first kappa shape index (κ1) is 16.5. The second-order valence-corrected chi connectivity index (χ2v) is 5.40. The van der Waals surface area contributed by atoms with Crippen molar-refractivity contribution >= 4 is 15.0 Å². The largest absolute Gasteiger partial charge is 0.525 e. The summed E-state index contributed by atoms with van der Waals surface area (Å²) in [5.41, 5.74) is 0.350. The van der Waals surface area contributed by atoms with Crippen LogP contribution in [0.1, 0.15) is 13.8 Å². The van der Waals surface area contributed by atoms with Crippen molar-refractivity contribution in [1.29, 1.82) is 0 Å². The summed E-state index contributed by atoms with van der Waals surface area (Å²) in [4.78, 5) is 11.1. The molecule has 6 heteroatoms. The van der Waals surface area contributed by atoms with E-state index in [0.29, 0.717) is 21.2 Å². The average Bonchev–Trinajstić information content (AvgIpc) is 2.15. The summed E-state index contributed by atoms with van der Waals surface area (Å²) >= 11 is 0. The lowest BCUT2D eigenvalue weighted by molar-refractivity contribution is -0.870. The van der Waals surface area contributed by atoms with Crippen LogP contribution in [0.15, 0.2) is 12.2 Å². The topological polar surface area (TPSA) is 44.8 Å². The fourth-order valence-corrected chi connectivity index (χ4v) is 1.10. The Kier molecular flexibility index (Phi) is 7.55. The highest BCUT2D eigenvalue weighted by molar-refractivity contribution is 7.26. The van der Waals surface area contributed by atoms with Crippen molar-refractivity contribution in [1.82, 2.24) is 0 Å². The molecule has 5 nitrogen and oxygen atoms in total. The molecule has 1 unspecified atom stereocenters. The van der Waals surface area contributed by atoms with Gasteiger partial charge in [-0.25, -0.2) is 13.8 Å². The highest BCUT2D eigenvalue weighted by Crippen LogP contribution is 2.17. The maximum Gasteiger partial charge on any atom is 0.335 e. The number of hydrogen-bond acceptors (Lipinski definition) is 4. The predicted molar refractivity (Wildman–Crippen MR) is 67.2 cm³/mol. The molecule has 0 heterocycles. The van der Waals surface area contributed by atoms with Crippen LogP contribution in [-0.2, 0) is 18.6 Å². The number of ether oxygens (including phenoxy) is 1. The molecule has 0 aromatic rings. The normalized spacial score (nSPS) is 13.9. The first-order chi connectivity index (χ1) is 7.72. The summed E-state index contributed by atoms with van der Waals surface area (Å²) in [6, 6.07) is 0. The lowest BCUT2D eigenvalue weighted by Crippen LogP contribution is -2.37. The summed E-state index contributed by atoms with van der Waals surface area (Å²) in [6.07, 6.45) is -0.634. The SMILES string of the molecule is C=C(C)C(=O)OC(C)O[P-]OCC[N+](C)(C)C. The lowest BCUT2D eigenvalue weighted by atomic mass is 10.4. The molecule has 0 bridgehead atoms. The van der Waals surface area contributed by atoms with Crippen molar-refractivity contribution < 1.29 is 23.1 Å². The Morgan fingerprint density at radius 3 is 2.47 bits per heavy atom. The van der Waals surface area contributed by atoms with E-state index in [-0.39, 0.29) is 0 Å². The van der Waals surface area contributed by atoms with Gasteiger partial charge in [-0.2, -0.15) is 0 Å². The molecule has 0 aliphatic rings. The van der Waals surface area contributed by atoms with Crippen LogP contribution in [0, 0.1) is 0 Å². The van der Waals surface area contributed by atoms with Crippen LogP contribution < -0.4 is 0 Å². The van der Waals surface area contributed by atoms with Gasteiger partial charge in [0.2, 0.25) is 0 Å². The summed E-state index contributed by atoms with van der Waals surface area (Å²) in [6.45, 7) is 8.18. The second kappa shape index (κ2) is 7.77. The van der Waals surface area contributed by atoms with Crippen LogP contribution in [0.2, 0.25) is 0 Å². The summed E-state index contributed by atoms with van der Waals surface area (Å²) < 4.78 is 16.1. The minimum absolute atomic E-state index is 0.350. The number of quaternary nitrogens is 1. The zero-order valence-electron chi connectivity index (χ0n) is 11.2. The molecule has 0 amide bonds. The van der Waals surface area contributed by atoms with E-state index in [1.54, 1.807) is 13.8 Å². The minimum atomic E-state index is -0.634. The fraction of sp³-hybridized carbons (Fsp3) is 0.727. The van der Waals surface area contributed by atoms with Gasteiger partial charge in [-0.05, 0) is 13.8 Å². The Labute approximate surface area is 105 Å². The second-order valence-electron chi connectivity index (χ2n) is 4.78. The molecular weight excluding hydrogens is 241 g/mol. The Hall–Kier alpha value is -0.480. The van der Waals surface area contributed by atoms with Crippen LogP contribution in [0.5, 0.6) is 0 Å². The average molecular weight is 263 g/mol. The van der Waals surface area contributed by atoms with Gasteiger partial charge in [-0.3, -0.25) is 0 Å². The van der Waals surface area contributed by atoms with Crippen LogP contribution in [0.3, 0.4) is 0 Å². The number of hydrogen-bond donors (Lipinski definition) is 0. The third-order valence-electron chi connectivity index (χ3n) is 1.72. The van der Waals surface area contributed by atoms with E-state index in [2.05, 4.69) is 27.7 Å². The molecule has 0 aromatic carbocycles. The van der Waals surface area contributed by atoms with Crippen LogP contribution in [0.4, 0.5) is 0 Å². The van der Waals surface area contributed by atoms with Gasteiger partial charge in [0.15, 0.2) is 6.29 Å². The van der Waals surface area contributed by atoms with Gasteiger partial charge in [-0.1, -0.05) is 6.58 Å². The first-order valence-corrected chi connectivity index (χ1v) is 6.10. The molecule has 0 N–H and O–H groups in total. The molecule has 0 spiro atoms. The monoisotopic (exact) mass is 263 g/mol. The Morgan fingerprint density at radius 1 is 1.41 bits per heavy atom. The van der Waals surface area contributed by atoms with E-state index < -0.39 is 12.3 Å². The molecule has 0 radical (unpaired) electrons. The van der Waals surface area contributed by atoms with Crippen LogP contribution >= 0.6 is 9.03 Å². The molecule has 0 aromatic heterocycles. The molecular formula is C11H22NO4P. The Morgan fingerprint density at radius 2 is 2.00 bits per heavy atom. The first-order valence-electron chi connectivity index (χ1n) is 5.37. The Balaban J connectivity index is 3.55. The molecule has 0 fully saturated rings. The minimum Gasteiger partial charge on any atom is -0.525 e. The van der Waals surface area contributed by atoms with Gasteiger partial charge in [-0.15, -0.1) is 0 Å². The number of carbonyl (C=O) groups is 1. The number of rotatable bonds is 8. The van der Waals surface area contributed by atoms with E-state index in [9.17, 15) is 4.79 Å². The molecule has 0 rings (SSSR count). The van der Waals surface area contributed by atoms with Crippen molar-refractivity contribution in [3.63, 3.8) is 0 Å². The van der Waals surface area contributed by atoms with Gasteiger partial charge in [0.25, 0.3) is 0 Å². The number of likely N-dealkylation sites (N-methyl/N-ethyl adjacent to an activating group) is 1. The molecule has 1 atom stereocenters. The molecule has 0 aliphatic carbocycles. The van der Waals surface area contributed by atoms with Crippen molar-refractivity contribution in [2.75, 3.05) is 34.3 Å². The zero-order valence-corrected chi connectivity index (χ0v) is 12.1. The van der Waals surface area contributed by atoms with Crippen LogP contribution in [-0.4, -0.2) is 51.0 Å². The molecule has 100 valence electrons. The Bertz CT molecular complexity index is 263. The smallest absolute Gasteiger partial charge is 0.335 e. The van der Waals surface area contributed by atoms with E-state index in [4.69, 9.17) is 13.8 Å². The highest BCUT2D eigenvalue weighted by Gasteiger charge is 2.07. The van der Waals surface area contributed by atoms with E-state index >= 15 is 0 Å². The van der Waals surface area contributed by atoms with Crippen molar-refractivity contribution in [2.24, 2.45) is 0 Å². The number of nitrogens with zero attached hydrogens (tertiary/aromatic N) is 1. The highest BCUT2D eigenvalue weighted by atomic mass is 31.1. The van der Waals surface area contributed by atoms with Gasteiger partial charge < -0.3 is 18.3 Å². The molecule has 17 heavy (non-hydrogen) atoms. The maximum atomic E-state index is 11.1. The van der Waals surface area contributed by atoms with E-state index in [1.807, 2.05) is 0 Å². The fourth-order valence-electron chi connectivity index (χ4n) is 0.716. The lowest BCUT2D eigenvalue weighted by Gasteiger charge is -2.28. The standard InChI is InChI=1S/C11H22NO4P/c1-9(2)11(13)15-10(3)16-17-14-8-7-12(4,5)6/h10H,1,7-8H2,2-6H3. The summed E-state index contributed by atoms with van der Waals surface area (Å²) in [7, 11) is 6.60. The van der Waals surface area contributed by atoms with Crippen molar-refractivity contribution in [2.45, 2.75) is 20.1 Å². The van der Waals surface area contributed by atoms with Crippen molar-refractivity contribution in [3.05, 3.63) is 12.2 Å².